The van der Waals surface area contributed by atoms with E-state index in [0.717, 1.165) is 4.88 Å². The molecule has 2 heterocycles. The first-order valence-electron chi connectivity index (χ1n) is 8.96. The van der Waals surface area contributed by atoms with Gasteiger partial charge in [-0.05, 0) is 43.3 Å². The second-order valence-corrected chi connectivity index (χ2v) is 7.49. The number of ketones is 1. The third-order valence-electron chi connectivity index (χ3n) is 3.92. The van der Waals surface area contributed by atoms with E-state index in [1.54, 1.807) is 12.1 Å². The van der Waals surface area contributed by atoms with Gasteiger partial charge in [0.25, 0.3) is 0 Å². The van der Waals surface area contributed by atoms with Crippen LogP contribution >= 0.6 is 11.3 Å². The molecule has 2 aromatic heterocycles. The molecule has 2 N–H and O–H groups in total. The number of amides is 2. The number of thiophene rings is 1. The van der Waals surface area contributed by atoms with Crippen molar-refractivity contribution < 1.29 is 23.5 Å². The van der Waals surface area contributed by atoms with Crippen LogP contribution in [0.1, 0.15) is 43.7 Å². The minimum Gasteiger partial charge on any atom is -0.486 e. The Morgan fingerprint density at radius 2 is 1.76 bits per heavy atom. The van der Waals surface area contributed by atoms with Gasteiger partial charge in [-0.3, -0.25) is 25.2 Å². The van der Waals surface area contributed by atoms with Crippen molar-refractivity contribution in [1.82, 2.24) is 10.9 Å². The average Bonchev–Trinajstić information content (AvgIpc) is 3.38. The van der Waals surface area contributed by atoms with Crippen LogP contribution in [0.4, 0.5) is 0 Å². The van der Waals surface area contributed by atoms with Gasteiger partial charge in [-0.1, -0.05) is 18.2 Å². The number of nitrogens with one attached hydrogen (secondary N) is 2. The summed E-state index contributed by atoms with van der Waals surface area (Å²) < 4.78 is 11.0. The SMILES string of the molecule is Cc1ccc(C(=O)CCC(=O)NNC(=O)c2ccc(COc3ccccc3)o2)s1. The van der Waals surface area contributed by atoms with Crippen LogP contribution < -0.4 is 15.6 Å². The minimum absolute atomic E-state index is 0.0234. The van der Waals surface area contributed by atoms with Gasteiger partial charge in [0.05, 0.1) is 4.88 Å². The predicted molar refractivity (Wildman–Crippen MR) is 108 cm³/mol. The zero-order valence-electron chi connectivity index (χ0n) is 15.8. The van der Waals surface area contributed by atoms with E-state index in [0.29, 0.717) is 16.4 Å². The summed E-state index contributed by atoms with van der Waals surface area (Å²) in [5.41, 5.74) is 4.55. The lowest BCUT2D eigenvalue weighted by Crippen LogP contribution is -2.41. The Kier molecular flexibility index (Phi) is 6.80. The maximum absolute atomic E-state index is 12.1. The molecule has 0 radical (unpaired) electrons. The molecule has 1 aromatic carbocycles. The molecule has 0 atom stereocenters. The molecule has 3 rings (SSSR count). The first kappa shape index (κ1) is 20.3. The number of carbonyl (C=O) groups is 3. The number of hydrogen-bond acceptors (Lipinski definition) is 6. The topological polar surface area (TPSA) is 97.6 Å². The molecule has 0 spiro atoms. The molecule has 3 aromatic rings. The molecular weight excluding hydrogens is 392 g/mol. The summed E-state index contributed by atoms with van der Waals surface area (Å²) in [5, 5.41) is 0. The fourth-order valence-corrected chi connectivity index (χ4v) is 3.27. The summed E-state index contributed by atoms with van der Waals surface area (Å²) in [5.74, 6) is 0.0565. The fraction of sp³-hybridized carbons (Fsp3) is 0.190. The molecule has 2 amide bonds. The molecule has 0 aliphatic rings. The Morgan fingerprint density at radius 3 is 2.48 bits per heavy atom. The van der Waals surface area contributed by atoms with Gasteiger partial charge in [0.2, 0.25) is 5.91 Å². The number of ether oxygens (including phenoxy) is 1. The highest BCUT2D eigenvalue weighted by atomic mass is 32.1. The number of Topliss-reactive ketones (excluding diaryl/α,β-unsaturated/α-hetero) is 1. The largest absolute Gasteiger partial charge is 0.486 e. The lowest BCUT2D eigenvalue weighted by molar-refractivity contribution is -0.121. The molecule has 0 bridgehead atoms. The first-order valence-corrected chi connectivity index (χ1v) is 9.78. The molecule has 0 aliphatic carbocycles. The van der Waals surface area contributed by atoms with Crippen LogP contribution in [0.5, 0.6) is 5.75 Å². The molecule has 0 saturated heterocycles. The van der Waals surface area contributed by atoms with Crippen LogP contribution in [0.15, 0.2) is 59.0 Å². The van der Waals surface area contributed by atoms with Gasteiger partial charge >= 0.3 is 5.91 Å². The van der Waals surface area contributed by atoms with Crippen molar-refractivity contribution in [2.45, 2.75) is 26.4 Å². The third kappa shape index (κ3) is 6.05. The van der Waals surface area contributed by atoms with Crippen LogP contribution in [0.25, 0.3) is 0 Å². The van der Waals surface area contributed by atoms with Crippen LogP contribution in [-0.2, 0) is 11.4 Å². The fourth-order valence-electron chi connectivity index (χ4n) is 2.43. The highest BCUT2D eigenvalue weighted by Gasteiger charge is 2.14. The highest BCUT2D eigenvalue weighted by Crippen LogP contribution is 2.17. The van der Waals surface area contributed by atoms with Crippen molar-refractivity contribution in [3.63, 3.8) is 0 Å². The normalized spacial score (nSPS) is 10.4. The highest BCUT2D eigenvalue weighted by molar-refractivity contribution is 7.14. The number of aryl methyl sites for hydroxylation is 1. The Hall–Kier alpha value is -3.39. The van der Waals surface area contributed by atoms with Gasteiger partial charge in [-0.25, -0.2) is 0 Å². The maximum Gasteiger partial charge on any atom is 0.305 e. The molecule has 7 nitrogen and oxygen atoms in total. The van der Waals surface area contributed by atoms with E-state index < -0.39 is 11.8 Å². The summed E-state index contributed by atoms with van der Waals surface area (Å²) in [6, 6.07) is 16.0. The Bertz CT molecular complexity index is 993. The number of rotatable bonds is 8. The number of hydrogen-bond donors (Lipinski definition) is 2. The van der Waals surface area contributed by atoms with Gasteiger partial charge < -0.3 is 9.15 Å². The van der Waals surface area contributed by atoms with E-state index in [4.69, 9.17) is 9.15 Å². The third-order valence-corrected chi connectivity index (χ3v) is 4.96. The number of para-hydroxylation sites is 1. The van der Waals surface area contributed by atoms with E-state index in [-0.39, 0.29) is 31.0 Å². The van der Waals surface area contributed by atoms with E-state index in [2.05, 4.69) is 10.9 Å². The Balaban J connectivity index is 1.40. The molecule has 29 heavy (non-hydrogen) atoms. The number of hydrazine groups is 1. The van der Waals surface area contributed by atoms with Gasteiger partial charge in [0.1, 0.15) is 18.1 Å². The first-order chi connectivity index (χ1) is 14.0. The Morgan fingerprint density at radius 1 is 0.966 bits per heavy atom. The maximum atomic E-state index is 12.1. The van der Waals surface area contributed by atoms with E-state index >= 15 is 0 Å². The van der Waals surface area contributed by atoms with Crippen molar-refractivity contribution in [2.75, 3.05) is 0 Å². The van der Waals surface area contributed by atoms with Crippen molar-refractivity contribution in [2.24, 2.45) is 0 Å². The van der Waals surface area contributed by atoms with Crippen LogP contribution in [0, 0.1) is 6.92 Å². The van der Waals surface area contributed by atoms with Crippen LogP contribution in [0.3, 0.4) is 0 Å². The van der Waals surface area contributed by atoms with E-state index in [9.17, 15) is 14.4 Å². The molecule has 0 saturated carbocycles. The Labute approximate surface area is 171 Å². The number of benzene rings is 1. The standard InChI is InChI=1S/C21H20N2O5S/c1-14-7-11-19(29-14)17(24)9-12-20(25)22-23-21(26)18-10-8-16(28-18)13-27-15-5-3-2-4-6-15/h2-8,10-11H,9,12-13H2,1H3,(H,22,25)(H,23,26). The smallest absolute Gasteiger partial charge is 0.305 e. The quantitative estimate of drug-likeness (QED) is 0.435. The zero-order valence-corrected chi connectivity index (χ0v) is 16.6. The second kappa shape index (κ2) is 9.70. The molecule has 150 valence electrons. The average molecular weight is 412 g/mol. The number of carbonyl (C=O) groups excluding carboxylic acids is 3. The molecule has 8 heteroatoms. The summed E-state index contributed by atoms with van der Waals surface area (Å²) in [4.78, 5) is 37.6. The zero-order chi connectivity index (χ0) is 20.6. The van der Waals surface area contributed by atoms with Crippen molar-refractivity contribution in [1.29, 1.82) is 0 Å². The van der Waals surface area contributed by atoms with Gasteiger partial charge in [-0.2, -0.15) is 0 Å². The van der Waals surface area contributed by atoms with Crippen molar-refractivity contribution >= 4 is 28.9 Å². The van der Waals surface area contributed by atoms with Crippen LogP contribution in [-0.4, -0.2) is 17.6 Å². The summed E-state index contributed by atoms with van der Waals surface area (Å²) in [6.07, 6.45) is 0.0494. The molecule has 0 aliphatic heterocycles. The summed E-state index contributed by atoms with van der Waals surface area (Å²) in [6.45, 7) is 2.09. The lowest BCUT2D eigenvalue weighted by atomic mass is 10.2. The monoisotopic (exact) mass is 412 g/mol. The minimum atomic E-state index is -0.593. The molecular formula is C21H20N2O5S. The molecule has 0 unspecified atom stereocenters. The predicted octanol–water partition coefficient (Wildman–Crippen LogP) is 3.65. The van der Waals surface area contributed by atoms with Crippen molar-refractivity contribution in [3.8, 4) is 5.75 Å². The van der Waals surface area contributed by atoms with E-state index in [1.165, 1.54) is 17.4 Å². The summed E-state index contributed by atoms with van der Waals surface area (Å²) >= 11 is 1.39. The number of furan rings is 1. The molecule has 0 fully saturated rings. The van der Waals surface area contributed by atoms with Gasteiger partial charge in [0.15, 0.2) is 11.5 Å². The van der Waals surface area contributed by atoms with Gasteiger partial charge in [0, 0.05) is 17.7 Å². The van der Waals surface area contributed by atoms with Crippen LogP contribution in [0.2, 0.25) is 0 Å². The van der Waals surface area contributed by atoms with Gasteiger partial charge in [-0.15, -0.1) is 11.3 Å². The van der Waals surface area contributed by atoms with Crippen molar-refractivity contribution in [3.05, 3.63) is 75.9 Å². The second-order valence-electron chi connectivity index (χ2n) is 6.20. The van der Waals surface area contributed by atoms with E-state index in [1.807, 2.05) is 43.3 Å². The summed E-state index contributed by atoms with van der Waals surface area (Å²) in [7, 11) is 0. The lowest BCUT2D eigenvalue weighted by Gasteiger charge is -2.06.